The second-order valence-corrected chi connectivity index (χ2v) is 3.54. The molecule has 2 unspecified atom stereocenters. The number of nitrogens with one attached hydrogen (secondary N) is 1. The van der Waals surface area contributed by atoms with Gasteiger partial charge in [-0.1, -0.05) is 20.8 Å². The highest BCUT2D eigenvalue weighted by Gasteiger charge is 2.41. The molecular weight excluding hydrogens is 100 g/mol. The monoisotopic (exact) mass is 114 g/mol. The SMILES string of the molecule is CC(C)(C)C1NC1N. The van der Waals surface area contributed by atoms with Crippen molar-refractivity contribution in [2.24, 2.45) is 11.1 Å². The van der Waals surface area contributed by atoms with Gasteiger partial charge in [-0.2, -0.15) is 0 Å². The Morgan fingerprint density at radius 2 is 1.75 bits per heavy atom. The smallest absolute Gasteiger partial charge is 0.0713 e. The summed E-state index contributed by atoms with van der Waals surface area (Å²) in [5, 5.41) is 3.15. The molecule has 0 bridgehead atoms. The molecule has 3 N–H and O–H groups in total. The average Bonchev–Trinajstić information content (AvgIpc) is 2.13. The molecule has 1 fully saturated rings. The zero-order chi connectivity index (χ0) is 6.36. The zero-order valence-corrected chi connectivity index (χ0v) is 5.73. The van der Waals surface area contributed by atoms with Crippen molar-refractivity contribution in [1.82, 2.24) is 5.32 Å². The summed E-state index contributed by atoms with van der Waals surface area (Å²) in [7, 11) is 0. The van der Waals surface area contributed by atoms with E-state index in [1.54, 1.807) is 0 Å². The van der Waals surface area contributed by atoms with E-state index in [0.29, 0.717) is 11.5 Å². The van der Waals surface area contributed by atoms with E-state index in [-0.39, 0.29) is 6.17 Å². The maximum atomic E-state index is 5.54. The Morgan fingerprint density at radius 1 is 1.38 bits per heavy atom. The first-order chi connectivity index (χ1) is 3.52. The Labute approximate surface area is 50.4 Å². The fourth-order valence-electron chi connectivity index (χ4n) is 0.940. The molecule has 1 rings (SSSR count). The molecule has 0 spiro atoms. The summed E-state index contributed by atoms with van der Waals surface area (Å²) in [6.07, 6.45) is 0.259. The minimum Gasteiger partial charge on any atom is -0.315 e. The van der Waals surface area contributed by atoms with Crippen LogP contribution in [0.2, 0.25) is 0 Å². The van der Waals surface area contributed by atoms with E-state index in [1.165, 1.54) is 0 Å². The third-order valence-electron chi connectivity index (χ3n) is 1.56. The Kier molecular flexibility index (Phi) is 1.10. The lowest BCUT2D eigenvalue weighted by atomic mass is 9.91. The number of rotatable bonds is 0. The molecule has 1 aliphatic heterocycles. The van der Waals surface area contributed by atoms with Gasteiger partial charge in [0.25, 0.3) is 0 Å². The molecule has 2 nitrogen and oxygen atoms in total. The van der Waals surface area contributed by atoms with Crippen LogP contribution in [0.25, 0.3) is 0 Å². The Bertz CT molecular complexity index is 93.2. The Morgan fingerprint density at radius 3 is 1.75 bits per heavy atom. The van der Waals surface area contributed by atoms with Gasteiger partial charge in [-0.25, -0.2) is 0 Å². The van der Waals surface area contributed by atoms with Crippen molar-refractivity contribution in [1.29, 1.82) is 0 Å². The van der Waals surface area contributed by atoms with Gasteiger partial charge >= 0.3 is 0 Å². The van der Waals surface area contributed by atoms with Gasteiger partial charge in [0.1, 0.15) is 0 Å². The summed E-state index contributed by atoms with van der Waals surface area (Å²) < 4.78 is 0. The largest absolute Gasteiger partial charge is 0.315 e. The first-order valence-corrected chi connectivity index (χ1v) is 3.03. The van der Waals surface area contributed by atoms with E-state index in [0.717, 1.165) is 0 Å². The molecule has 0 aromatic heterocycles. The maximum Gasteiger partial charge on any atom is 0.0713 e. The molecule has 8 heavy (non-hydrogen) atoms. The van der Waals surface area contributed by atoms with E-state index in [1.807, 2.05) is 0 Å². The van der Waals surface area contributed by atoms with Crippen LogP contribution >= 0.6 is 0 Å². The lowest BCUT2D eigenvalue weighted by molar-refractivity contribution is 0.395. The predicted octanol–water partition coefficient (Wildman–Crippen LogP) is 0.289. The van der Waals surface area contributed by atoms with Crippen LogP contribution in [0, 0.1) is 5.41 Å². The molecule has 48 valence electrons. The predicted molar refractivity (Wildman–Crippen MR) is 34.4 cm³/mol. The standard InChI is InChI=1S/C6H14N2/c1-6(2,3)4-5(7)8-4/h4-5,8H,7H2,1-3H3. The van der Waals surface area contributed by atoms with Crippen molar-refractivity contribution in [3.05, 3.63) is 0 Å². The first kappa shape index (κ1) is 6.05. The van der Waals surface area contributed by atoms with Crippen molar-refractivity contribution >= 4 is 0 Å². The molecule has 2 heteroatoms. The molecule has 2 atom stereocenters. The van der Waals surface area contributed by atoms with Gasteiger partial charge in [0.05, 0.1) is 6.17 Å². The highest BCUT2D eigenvalue weighted by atomic mass is 15.3. The van der Waals surface area contributed by atoms with Gasteiger partial charge in [-0.05, 0) is 5.41 Å². The van der Waals surface area contributed by atoms with Crippen molar-refractivity contribution < 1.29 is 0 Å². The van der Waals surface area contributed by atoms with Crippen LogP contribution < -0.4 is 11.1 Å². The quantitative estimate of drug-likeness (QED) is 0.445. The van der Waals surface area contributed by atoms with Gasteiger partial charge in [-0.3, -0.25) is 5.32 Å². The molecule has 0 saturated carbocycles. The number of nitrogens with two attached hydrogens (primary N) is 1. The van der Waals surface area contributed by atoms with Gasteiger partial charge < -0.3 is 5.73 Å². The van der Waals surface area contributed by atoms with Gasteiger partial charge in [0.2, 0.25) is 0 Å². The molecule has 1 saturated heterocycles. The van der Waals surface area contributed by atoms with Crippen LogP contribution in [-0.2, 0) is 0 Å². The van der Waals surface area contributed by atoms with Crippen LogP contribution in [-0.4, -0.2) is 12.2 Å². The van der Waals surface area contributed by atoms with Gasteiger partial charge in [0.15, 0.2) is 0 Å². The van der Waals surface area contributed by atoms with Crippen LogP contribution in [0.3, 0.4) is 0 Å². The van der Waals surface area contributed by atoms with E-state index in [4.69, 9.17) is 5.73 Å². The van der Waals surface area contributed by atoms with Crippen molar-refractivity contribution in [3.8, 4) is 0 Å². The maximum absolute atomic E-state index is 5.54. The number of hydrogen-bond acceptors (Lipinski definition) is 2. The molecule has 1 aliphatic rings. The molecule has 0 aliphatic carbocycles. The minimum absolute atomic E-state index is 0.259. The van der Waals surface area contributed by atoms with E-state index in [2.05, 4.69) is 26.1 Å². The van der Waals surface area contributed by atoms with E-state index in [9.17, 15) is 0 Å². The molecule has 1 heterocycles. The summed E-state index contributed by atoms with van der Waals surface area (Å²) in [5.41, 5.74) is 5.89. The van der Waals surface area contributed by atoms with Crippen molar-refractivity contribution in [2.45, 2.75) is 33.0 Å². The second-order valence-electron chi connectivity index (χ2n) is 3.54. The van der Waals surface area contributed by atoms with E-state index >= 15 is 0 Å². The Balaban J connectivity index is 2.39. The fraction of sp³-hybridized carbons (Fsp3) is 1.00. The lowest BCUT2D eigenvalue weighted by Gasteiger charge is -2.14. The van der Waals surface area contributed by atoms with E-state index < -0.39 is 0 Å². The molecule has 0 amide bonds. The second kappa shape index (κ2) is 1.45. The van der Waals surface area contributed by atoms with Crippen molar-refractivity contribution in [3.63, 3.8) is 0 Å². The minimum atomic E-state index is 0.259. The summed E-state index contributed by atoms with van der Waals surface area (Å²) in [5.74, 6) is 0. The van der Waals surface area contributed by atoms with Crippen LogP contribution in [0.15, 0.2) is 0 Å². The highest BCUT2D eigenvalue weighted by Crippen LogP contribution is 2.27. The molecule has 0 radical (unpaired) electrons. The lowest BCUT2D eigenvalue weighted by Crippen LogP contribution is -2.20. The summed E-state index contributed by atoms with van der Waals surface area (Å²) in [6.45, 7) is 6.58. The zero-order valence-electron chi connectivity index (χ0n) is 5.73. The summed E-state index contributed by atoms with van der Waals surface area (Å²) in [4.78, 5) is 0. The fourth-order valence-corrected chi connectivity index (χ4v) is 0.940. The third-order valence-corrected chi connectivity index (χ3v) is 1.56. The topological polar surface area (TPSA) is 48.0 Å². The first-order valence-electron chi connectivity index (χ1n) is 3.03. The van der Waals surface area contributed by atoms with Crippen LogP contribution in [0.4, 0.5) is 0 Å². The van der Waals surface area contributed by atoms with Crippen LogP contribution in [0.5, 0.6) is 0 Å². The summed E-state index contributed by atoms with van der Waals surface area (Å²) in [6, 6.07) is 0.544. The van der Waals surface area contributed by atoms with Gasteiger partial charge in [0, 0.05) is 6.04 Å². The molecule has 0 aromatic rings. The van der Waals surface area contributed by atoms with Crippen molar-refractivity contribution in [2.75, 3.05) is 0 Å². The van der Waals surface area contributed by atoms with Gasteiger partial charge in [-0.15, -0.1) is 0 Å². The normalized spacial score (nSPS) is 37.5. The number of hydrogen-bond donors (Lipinski definition) is 2. The van der Waals surface area contributed by atoms with Crippen LogP contribution in [0.1, 0.15) is 20.8 Å². The highest BCUT2D eigenvalue weighted by molar-refractivity contribution is 5.00. The Hall–Kier alpha value is -0.0800. The molecule has 0 aromatic carbocycles. The molecular formula is C6H14N2. The third kappa shape index (κ3) is 1.01. The average molecular weight is 114 g/mol. The summed E-state index contributed by atoms with van der Waals surface area (Å²) >= 11 is 0.